The number of aromatic nitrogens is 2. The van der Waals surface area contributed by atoms with Crippen molar-refractivity contribution in [3.05, 3.63) is 41.8 Å². The maximum absolute atomic E-state index is 13.0. The molecule has 0 aliphatic carbocycles. The molecule has 11 heteroatoms. The molecule has 2 rings (SSSR count). The molecule has 1 unspecified atom stereocenters. The van der Waals surface area contributed by atoms with Gasteiger partial charge in [0.1, 0.15) is 17.2 Å². The average Bonchev–Trinajstić information content (AvgIpc) is 2.94. The van der Waals surface area contributed by atoms with Crippen LogP contribution in [0, 0.1) is 5.82 Å². The summed E-state index contributed by atoms with van der Waals surface area (Å²) in [5.74, 6) is -1.55. The van der Waals surface area contributed by atoms with E-state index < -0.39 is 36.6 Å². The fraction of sp³-hybridized carbons (Fsp3) is 0.333. The smallest absolute Gasteiger partial charge is 0.383 e. The van der Waals surface area contributed by atoms with Crippen molar-refractivity contribution in [3.63, 3.8) is 0 Å². The molecule has 0 aliphatic heterocycles. The lowest BCUT2D eigenvalue weighted by atomic mass is 10.0. The summed E-state index contributed by atoms with van der Waals surface area (Å²) in [6, 6.07) is 5.07. The Morgan fingerprint density at radius 3 is 2.42 bits per heavy atom. The number of benzene rings is 1. The summed E-state index contributed by atoms with van der Waals surface area (Å²) >= 11 is 0. The highest BCUT2D eigenvalue weighted by atomic mass is 19.4. The van der Waals surface area contributed by atoms with E-state index in [0.29, 0.717) is 5.69 Å². The lowest BCUT2D eigenvalue weighted by Crippen LogP contribution is -2.58. The number of halogens is 4. The normalized spacial score (nSPS) is 14.1. The molecule has 0 spiro atoms. The van der Waals surface area contributed by atoms with Gasteiger partial charge in [0.05, 0.1) is 18.4 Å². The van der Waals surface area contributed by atoms with Crippen LogP contribution in [-0.2, 0) is 0 Å². The van der Waals surface area contributed by atoms with E-state index in [1.807, 2.05) is 5.32 Å². The Labute approximate surface area is 145 Å². The molecule has 5 N–H and O–H groups in total. The molecule has 0 bridgehead atoms. The molecule has 0 saturated heterocycles. The third kappa shape index (κ3) is 3.94. The highest BCUT2D eigenvalue weighted by molar-refractivity contribution is 5.98. The molecule has 1 aromatic carbocycles. The Hall–Kier alpha value is -2.66. The van der Waals surface area contributed by atoms with Crippen molar-refractivity contribution in [2.75, 3.05) is 25.9 Å². The number of nitrogen functional groups attached to an aromatic ring is 1. The van der Waals surface area contributed by atoms with Gasteiger partial charge in [0.2, 0.25) is 0 Å². The lowest BCUT2D eigenvalue weighted by molar-refractivity contribution is -0.254. The summed E-state index contributed by atoms with van der Waals surface area (Å²) in [6.07, 6.45) is -3.88. The first kappa shape index (κ1) is 19.7. The van der Waals surface area contributed by atoms with Crippen molar-refractivity contribution in [1.29, 1.82) is 0 Å². The Morgan fingerprint density at radius 2 is 1.88 bits per heavy atom. The largest absolute Gasteiger partial charge is 0.420 e. The van der Waals surface area contributed by atoms with Gasteiger partial charge in [-0.05, 0) is 31.3 Å². The minimum absolute atomic E-state index is 0.140. The van der Waals surface area contributed by atoms with Crippen LogP contribution in [0.2, 0.25) is 0 Å². The second-order valence-corrected chi connectivity index (χ2v) is 5.57. The molecule has 0 aliphatic rings. The summed E-state index contributed by atoms with van der Waals surface area (Å²) in [5, 5.41) is 17.8. The van der Waals surface area contributed by atoms with Crippen molar-refractivity contribution in [2.24, 2.45) is 0 Å². The molecule has 142 valence electrons. The lowest BCUT2D eigenvalue weighted by Gasteiger charge is -2.30. The number of nitrogens with one attached hydrogen (secondary N) is 2. The van der Waals surface area contributed by atoms with E-state index >= 15 is 0 Å². The van der Waals surface area contributed by atoms with Gasteiger partial charge in [0.15, 0.2) is 5.60 Å². The van der Waals surface area contributed by atoms with Crippen molar-refractivity contribution >= 4 is 11.7 Å². The van der Waals surface area contributed by atoms with E-state index in [1.54, 1.807) is 0 Å². The van der Waals surface area contributed by atoms with Crippen LogP contribution in [0.4, 0.5) is 23.4 Å². The number of hydrogen-bond donors (Lipinski definition) is 4. The van der Waals surface area contributed by atoms with E-state index in [-0.39, 0.29) is 11.4 Å². The predicted octanol–water partition coefficient (Wildman–Crippen LogP) is 0.836. The first-order valence-corrected chi connectivity index (χ1v) is 7.40. The molecular formula is C15H17F4N5O2. The van der Waals surface area contributed by atoms with Crippen LogP contribution in [0.1, 0.15) is 10.4 Å². The van der Waals surface area contributed by atoms with Gasteiger partial charge in [-0.2, -0.15) is 18.3 Å². The molecule has 7 nitrogen and oxygen atoms in total. The average molecular weight is 375 g/mol. The third-order valence-corrected chi connectivity index (χ3v) is 3.66. The molecule has 1 atom stereocenters. The molecule has 0 fully saturated rings. The molecule has 26 heavy (non-hydrogen) atoms. The molecule has 2 aromatic rings. The van der Waals surface area contributed by atoms with Crippen LogP contribution in [-0.4, -0.2) is 52.7 Å². The highest BCUT2D eigenvalue weighted by Gasteiger charge is 2.53. The fourth-order valence-corrected chi connectivity index (χ4v) is 2.20. The number of likely N-dealkylation sites (N-methyl/N-ethyl adjacent to an activating group) is 1. The Balaban J connectivity index is 2.17. The van der Waals surface area contributed by atoms with Gasteiger partial charge in [-0.3, -0.25) is 4.79 Å². The van der Waals surface area contributed by atoms with Gasteiger partial charge in [0, 0.05) is 6.54 Å². The molecule has 0 radical (unpaired) electrons. The minimum atomic E-state index is -4.95. The van der Waals surface area contributed by atoms with E-state index in [4.69, 9.17) is 5.73 Å². The number of nitrogens with zero attached hydrogens (tertiary/aromatic N) is 2. The van der Waals surface area contributed by atoms with Crippen LogP contribution >= 0.6 is 0 Å². The van der Waals surface area contributed by atoms with Crippen LogP contribution in [0.5, 0.6) is 0 Å². The zero-order valence-electron chi connectivity index (χ0n) is 13.6. The summed E-state index contributed by atoms with van der Waals surface area (Å²) in [6.45, 7) is -1.88. The predicted molar refractivity (Wildman–Crippen MR) is 85.2 cm³/mol. The Bertz CT molecular complexity index is 775. The number of carbonyl (C=O) groups excluding carboxylic acids is 1. The molecular weight excluding hydrogens is 358 g/mol. The summed E-state index contributed by atoms with van der Waals surface area (Å²) in [4.78, 5) is 12.1. The number of aliphatic hydroxyl groups is 1. The van der Waals surface area contributed by atoms with Crippen molar-refractivity contribution in [1.82, 2.24) is 20.4 Å². The second-order valence-electron chi connectivity index (χ2n) is 5.57. The van der Waals surface area contributed by atoms with Gasteiger partial charge in [-0.25, -0.2) is 9.07 Å². The fourth-order valence-electron chi connectivity index (χ4n) is 2.20. The van der Waals surface area contributed by atoms with Gasteiger partial charge >= 0.3 is 6.18 Å². The number of hydrogen-bond acceptors (Lipinski definition) is 5. The highest BCUT2D eigenvalue weighted by Crippen LogP contribution is 2.29. The van der Waals surface area contributed by atoms with Gasteiger partial charge in [0.25, 0.3) is 5.91 Å². The van der Waals surface area contributed by atoms with Crippen LogP contribution in [0.3, 0.4) is 0 Å². The summed E-state index contributed by atoms with van der Waals surface area (Å²) < 4.78 is 53.0. The van der Waals surface area contributed by atoms with E-state index in [1.165, 1.54) is 19.2 Å². The van der Waals surface area contributed by atoms with Gasteiger partial charge in [-0.15, -0.1) is 0 Å². The first-order chi connectivity index (χ1) is 12.1. The molecule has 1 aromatic heterocycles. The molecule has 0 saturated carbocycles. The Morgan fingerprint density at radius 1 is 1.27 bits per heavy atom. The zero-order valence-corrected chi connectivity index (χ0v) is 13.6. The number of alkyl halides is 3. The minimum Gasteiger partial charge on any atom is -0.383 e. The first-order valence-electron chi connectivity index (χ1n) is 7.40. The molecule has 1 amide bonds. The van der Waals surface area contributed by atoms with E-state index in [0.717, 1.165) is 23.0 Å². The van der Waals surface area contributed by atoms with E-state index in [9.17, 15) is 27.5 Å². The van der Waals surface area contributed by atoms with Crippen molar-refractivity contribution in [2.45, 2.75) is 11.8 Å². The number of anilines is 1. The number of rotatable bonds is 6. The number of carbonyl (C=O) groups is 1. The SMILES string of the molecule is CNCC(O)(CNC(=O)c1cnn(-c2ccc(F)cc2)c1N)C(F)(F)F. The topological polar surface area (TPSA) is 105 Å². The number of nitrogens with two attached hydrogens (primary N) is 1. The second kappa shape index (κ2) is 7.30. The maximum atomic E-state index is 13.0. The third-order valence-electron chi connectivity index (χ3n) is 3.66. The van der Waals surface area contributed by atoms with Gasteiger partial charge < -0.3 is 21.5 Å². The standard InChI is InChI=1S/C15H17F4N5O2/c1-21-7-14(26,15(17,18)19)8-22-13(25)11-6-23-24(12(11)20)10-4-2-9(16)3-5-10/h2-6,21,26H,7-8,20H2,1H3,(H,22,25). The Kier molecular flexibility index (Phi) is 5.52. The maximum Gasteiger partial charge on any atom is 0.420 e. The van der Waals surface area contributed by atoms with Gasteiger partial charge in [-0.1, -0.05) is 0 Å². The number of amides is 1. The zero-order chi connectivity index (χ0) is 19.5. The van der Waals surface area contributed by atoms with Crippen molar-refractivity contribution < 1.29 is 27.5 Å². The molecule has 1 heterocycles. The summed E-state index contributed by atoms with van der Waals surface area (Å²) in [5.41, 5.74) is 2.86. The monoisotopic (exact) mass is 375 g/mol. The van der Waals surface area contributed by atoms with Crippen LogP contribution in [0.25, 0.3) is 5.69 Å². The quantitative estimate of drug-likeness (QED) is 0.560. The van der Waals surface area contributed by atoms with E-state index in [2.05, 4.69) is 10.4 Å². The summed E-state index contributed by atoms with van der Waals surface area (Å²) in [7, 11) is 1.24. The van der Waals surface area contributed by atoms with Crippen LogP contribution in [0.15, 0.2) is 30.5 Å². The van der Waals surface area contributed by atoms with Crippen LogP contribution < -0.4 is 16.4 Å². The van der Waals surface area contributed by atoms with Crippen molar-refractivity contribution in [3.8, 4) is 5.69 Å².